The van der Waals surface area contributed by atoms with Crippen LogP contribution < -0.4 is 10.1 Å². The van der Waals surface area contributed by atoms with Crippen molar-refractivity contribution in [3.05, 3.63) is 43.9 Å². The highest BCUT2D eigenvalue weighted by atomic mass is 32.1. The van der Waals surface area contributed by atoms with Crippen LogP contribution in [0.2, 0.25) is 0 Å². The molecule has 2 aromatic heterocycles. The molecule has 0 radical (unpaired) electrons. The SMILES string of the molecule is CCOC(=O)c1c(NC(=O)COc2ccc(C)nc2[N+](=O)[O-])sc2c1CCC(C)C2. The topological polar surface area (TPSA) is 121 Å². The maximum absolute atomic E-state index is 12.5. The quantitative estimate of drug-likeness (QED) is 0.402. The Kier molecular flexibility index (Phi) is 6.66. The fourth-order valence-electron chi connectivity index (χ4n) is 3.34. The highest BCUT2D eigenvalue weighted by Crippen LogP contribution is 2.40. The van der Waals surface area contributed by atoms with E-state index in [0.717, 1.165) is 29.7 Å². The Morgan fingerprint density at radius 3 is 2.87 bits per heavy atom. The van der Waals surface area contributed by atoms with Gasteiger partial charge in [0.25, 0.3) is 5.91 Å². The van der Waals surface area contributed by atoms with Crippen molar-refractivity contribution < 1.29 is 24.0 Å². The highest BCUT2D eigenvalue weighted by Gasteiger charge is 2.29. The van der Waals surface area contributed by atoms with Gasteiger partial charge in [-0.25, -0.2) is 4.79 Å². The molecule has 0 bridgehead atoms. The molecule has 160 valence electrons. The van der Waals surface area contributed by atoms with Gasteiger partial charge in [-0.2, -0.15) is 0 Å². The third kappa shape index (κ3) is 4.76. The predicted octanol–water partition coefficient (Wildman–Crippen LogP) is 3.68. The molecule has 1 amide bonds. The van der Waals surface area contributed by atoms with Gasteiger partial charge >= 0.3 is 11.8 Å². The van der Waals surface area contributed by atoms with Gasteiger partial charge in [-0.1, -0.05) is 6.92 Å². The summed E-state index contributed by atoms with van der Waals surface area (Å²) in [6.45, 7) is 5.29. The molecule has 1 aliphatic carbocycles. The van der Waals surface area contributed by atoms with E-state index in [1.54, 1.807) is 19.9 Å². The van der Waals surface area contributed by atoms with Crippen molar-refractivity contribution in [1.29, 1.82) is 0 Å². The van der Waals surface area contributed by atoms with Gasteiger partial charge < -0.3 is 24.9 Å². The average molecular weight is 433 g/mol. The number of aryl methyl sites for hydroxylation is 1. The zero-order valence-corrected chi connectivity index (χ0v) is 17.8. The van der Waals surface area contributed by atoms with Crippen LogP contribution in [0.5, 0.6) is 5.75 Å². The lowest BCUT2D eigenvalue weighted by Gasteiger charge is -2.18. The van der Waals surface area contributed by atoms with Crippen LogP contribution in [-0.4, -0.2) is 35.0 Å². The second kappa shape index (κ2) is 9.21. The number of nitro groups is 1. The van der Waals surface area contributed by atoms with Gasteiger partial charge in [-0.15, -0.1) is 11.3 Å². The van der Waals surface area contributed by atoms with E-state index >= 15 is 0 Å². The molecule has 0 aromatic carbocycles. The van der Waals surface area contributed by atoms with E-state index in [2.05, 4.69) is 17.2 Å². The summed E-state index contributed by atoms with van der Waals surface area (Å²) >= 11 is 1.37. The molecule has 10 heteroatoms. The zero-order valence-electron chi connectivity index (χ0n) is 17.0. The zero-order chi connectivity index (χ0) is 21.8. The Morgan fingerprint density at radius 2 is 2.17 bits per heavy atom. The van der Waals surface area contributed by atoms with Crippen molar-refractivity contribution in [2.75, 3.05) is 18.5 Å². The number of nitrogens with one attached hydrogen (secondary N) is 1. The number of hydrogen-bond donors (Lipinski definition) is 1. The van der Waals surface area contributed by atoms with Crippen molar-refractivity contribution in [1.82, 2.24) is 4.98 Å². The third-order valence-corrected chi connectivity index (χ3v) is 5.92. The fourth-order valence-corrected chi connectivity index (χ4v) is 4.75. The van der Waals surface area contributed by atoms with Crippen LogP contribution in [0.4, 0.5) is 10.8 Å². The summed E-state index contributed by atoms with van der Waals surface area (Å²) in [5.74, 6) is -1.02. The molecule has 2 heterocycles. The van der Waals surface area contributed by atoms with E-state index in [0.29, 0.717) is 22.2 Å². The van der Waals surface area contributed by atoms with Gasteiger partial charge in [0.2, 0.25) is 5.75 Å². The number of rotatable bonds is 7. The molecule has 0 aliphatic heterocycles. The first kappa shape index (κ1) is 21.7. The van der Waals surface area contributed by atoms with E-state index in [4.69, 9.17) is 9.47 Å². The third-order valence-electron chi connectivity index (χ3n) is 4.75. The lowest BCUT2D eigenvalue weighted by atomic mass is 9.88. The Morgan fingerprint density at radius 1 is 1.40 bits per heavy atom. The molecular weight excluding hydrogens is 410 g/mol. The maximum Gasteiger partial charge on any atom is 0.406 e. The molecule has 0 fully saturated rings. The van der Waals surface area contributed by atoms with E-state index in [9.17, 15) is 19.7 Å². The first-order chi connectivity index (χ1) is 14.3. The van der Waals surface area contributed by atoms with Crippen LogP contribution in [0, 0.1) is 23.0 Å². The predicted molar refractivity (Wildman–Crippen MR) is 111 cm³/mol. The summed E-state index contributed by atoms with van der Waals surface area (Å²) in [4.78, 5) is 40.4. The summed E-state index contributed by atoms with van der Waals surface area (Å²) in [5, 5.41) is 14.3. The molecule has 1 aliphatic rings. The van der Waals surface area contributed by atoms with Crippen LogP contribution in [0.25, 0.3) is 0 Å². The minimum atomic E-state index is -0.659. The number of esters is 1. The molecule has 1 atom stereocenters. The smallest absolute Gasteiger partial charge is 0.406 e. The van der Waals surface area contributed by atoms with Crippen LogP contribution in [-0.2, 0) is 22.4 Å². The van der Waals surface area contributed by atoms with Crippen molar-refractivity contribution in [3.8, 4) is 5.75 Å². The van der Waals surface area contributed by atoms with Crippen LogP contribution in [0.15, 0.2) is 12.1 Å². The summed E-state index contributed by atoms with van der Waals surface area (Å²) in [5.41, 5.74) is 1.81. The number of carbonyl (C=O) groups is 2. The van der Waals surface area contributed by atoms with Gasteiger partial charge in [-0.05, 0) is 59.7 Å². The summed E-state index contributed by atoms with van der Waals surface area (Å²) in [6, 6.07) is 2.97. The molecule has 1 N–H and O–H groups in total. The maximum atomic E-state index is 12.5. The number of amides is 1. The molecule has 0 saturated heterocycles. The van der Waals surface area contributed by atoms with Crippen molar-refractivity contribution in [2.45, 2.75) is 40.0 Å². The first-order valence-corrected chi connectivity index (χ1v) is 10.5. The van der Waals surface area contributed by atoms with Crippen molar-refractivity contribution >= 4 is 34.0 Å². The Bertz CT molecular complexity index is 987. The number of aromatic nitrogens is 1. The number of fused-ring (bicyclic) bond motifs is 1. The van der Waals surface area contributed by atoms with Gasteiger partial charge in [0.15, 0.2) is 6.61 Å². The van der Waals surface area contributed by atoms with E-state index in [1.165, 1.54) is 17.4 Å². The van der Waals surface area contributed by atoms with Crippen molar-refractivity contribution in [2.24, 2.45) is 5.92 Å². The number of thiophene rings is 1. The molecular formula is C20H23N3O6S. The number of pyridine rings is 1. The Hall–Kier alpha value is -3.01. The monoisotopic (exact) mass is 433 g/mol. The minimum absolute atomic E-state index is 0.0920. The molecule has 2 aromatic rings. The first-order valence-electron chi connectivity index (χ1n) is 9.66. The van der Waals surface area contributed by atoms with Gasteiger partial charge in [0.1, 0.15) is 10.7 Å². The largest absolute Gasteiger partial charge is 0.476 e. The molecule has 1 unspecified atom stereocenters. The second-order valence-electron chi connectivity index (χ2n) is 7.14. The number of ether oxygens (including phenoxy) is 2. The number of nitrogens with zero attached hydrogens (tertiary/aromatic N) is 2. The highest BCUT2D eigenvalue weighted by molar-refractivity contribution is 7.17. The molecule has 30 heavy (non-hydrogen) atoms. The Balaban J connectivity index is 1.77. The van der Waals surface area contributed by atoms with Crippen LogP contribution >= 0.6 is 11.3 Å². The summed E-state index contributed by atoms with van der Waals surface area (Å²) < 4.78 is 10.5. The van der Waals surface area contributed by atoms with E-state index < -0.39 is 29.2 Å². The minimum Gasteiger partial charge on any atom is -0.476 e. The van der Waals surface area contributed by atoms with E-state index in [-0.39, 0.29) is 12.4 Å². The molecule has 0 saturated carbocycles. The standard InChI is InChI=1S/C20H23N3O6S/c1-4-28-20(25)17-13-7-5-11(2)9-15(13)30-19(17)22-16(24)10-29-14-8-6-12(3)21-18(14)23(26)27/h6,8,11H,4-5,7,9-10H2,1-3H3,(H,22,24). The summed E-state index contributed by atoms with van der Waals surface area (Å²) in [7, 11) is 0. The normalized spacial score (nSPS) is 15.2. The average Bonchev–Trinajstić information content (AvgIpc) is 3.03. The van der Waals surface area contributed by atoms with Gasteiger partial charge in [0, 0.05) is 11.8 Å². The van der Waals surface area contributed by atoms with E-state index in [1.807, 2.05) is 0 Å². The number of carbonyl (C=O) groups excluding carboxylic acids is 2. The number of hydrogen-bond acceptors (Lipinski definition) is 8. The Labute approximate surface area is 177 Å². The van der Waals surface area contributed by atoms with Crippen LogP contribution in [0.1, 0.15) is 46.8 Å². The molecule has 3 rings (SSSR count). The van der Waals surface area contributed by atoms with Crippen molar-refractivity contribution in [3.63, 3.8) is 0 Å². The molecule has 9 nitrogen and oxygen atoms in total. The number of anilines is 1. The lowest BCUT2D eigenvalue weighted by molar-refractivity contribution is -0.390. The summed E-state index contributed by atoms with van der Waals surface area (Å²) in [6.07, 6.45) is 2.57. The fraction of sp³-hybridized carbons (Fsp3) is 0.450. The lowest BCUT2D eigenvalue weighted by Crippen LogP contribution is -2.22. The second-order valence-corrected chi connectivity index (χ2v) is 8.25. The van der Waals surface area contributed by atoms with Gasteiger partial charge in [-0.3, -0.25) is 4.79 Å². The van der Waals surface area contributed by atoms with Crippen LogP contribution in [0.3, 0.4) is 0 Å². The van der Waals surface area contributed by atoms with Gasteiger partial charge in [0.05, 0.1) is 12.2 Å². The molecule has 0 spiro atoms.